The quantitative estimate of drug-likeness (QED) is 0.544. The number of carbonyl (C=O) groups is 2. The maximum absolute atomic E-state index is 12.4. The van der Waals surface area contributed by atoms with E-state index in [0.717, 1.165) is 5.56 Å². The molecule has 5 rings (SSSR count). The largest absolute Gasteiger partial charge is 0.454 e. The van der Waals surface area contributed by atoms with E-state index < -0.39 is 17.7 Å². The lowest BCUT2D eigenvalue weighted by Crippen LogP contribution is -2.45. The van der Waals surface area contributed by atoms with Crippen molar-refractivity contribution >= 4 is 17.7 Å². The Labute approximate surface area is 191 Å². The lowest BCUT2D eigenvalue weighted by atomic mass is 9.84. The van der Waals surface area contributed by atoms with Gasteiger partial charge in [-0.2, -0.15) is 0 Å². The first-order chi connectivity index (χ1) is 15.9. The van der Waals surface area contributed by atoms with E-state index in [0.29, 0.717) is 62.0 Å². The van der Waals surface area contributed by atoms with Crippen LogP contribution in [0.1, 0.15) is 25.3 Å². The summed E-state index contributed by atoms with van der Waals surface area (Å²) in [6.07, 6.45) is 0.500. The molecule has 1 N–H and O–H groups in total. The number of benzene rings is 2. The predicted octanol–water partition coefficient (Wildman–Crippen LogP) is 2.65. The molecule has 174 valence electrons. The molecule has 33 heavy (non-hydrogen) atoms. The van der Waals surface area contributed by atoms with Gasteiger partial charge in [0.1, 0.15) is 11.9 Å². The van der Waals surface area contributed by atoms with Gasteiger partial charge in [0.05, 0.1) is 12.1 Å². The smallest absolute Gasteiger partial charge is 0.414 e. The number of nitrogens with zero attached hydrogens (tertiary/aromatic N) is 2. The first-order valence-corrected chi connectivity index (χ1v) is 11.0. The number of hydrogen-bond donors (Lipinski definition) is 1. The minimum Gasteiger partial charge on any atom is -0.454 e. The fourth-order valence-corrected chi connectivity index (χ4v) is 4.56. The van der Waals surface area contributed by atoms with E-state index in [1.165, 1.54) is 6.92 Å². The molecule has 3 aliphatic rings. The highest BCUT2D eigenvalue weighted by Gasteiger charge is 2.38. The molecule has 2 aromatic carbocycles. The summed E-state index contributed by atoms with van der Waals surface area (Å²) in [5.41, 5.74) is 0.607. The molecule has 0 saturated carbocycles. The highest BCUT2D eigenvalue weighted by atomic mass is 16.7. The van der Waals surface area contributed by atoms with Crippen LogP contribution in [0, 0.1) is 0 Å². The second-order valence-electron chi connectivity index (χ2n) is 8.60. The lowest BCUT2D eigenvalue weighted by molar-refractivity contribution is -0.131. The van der Waals surface area contributed by atoms with Gasteiger partial charge in [-0.3, -0.25) is 14.6 Å². The van der Waals surface area contributed by atoms with Crippen molar-refractivity contribution in [3.05, 3.63) is 48.0 Å². The zero-order valence-corrected chi connectivity index (χ0v) is 18.4. The molecule has 0 radical (unpaired) electrons. The van der Waals surface area contributed by atoms with E-state index in [4.69, 9.17) is 18.9 Å². The molecule has 3 aliphatic heterocycles. The monoisotopic (exact) mass is 454 g/mol. The molecule has 9 heteroatoms. The number of ether oxygens (including phenoxy) is 4. The Balaban J connectivity index is 1.16. The topological polar surface area (TPSA) is 97.8 Å². The summed E-state index contributed by atoms with van der Waals surface area (Å²) in [7, 11) is 0. The van der Waals surface area contributed by atoms with Gasteiger partial charge in [0.2, 0.25) is 6.79 Å². The van der Waals surface area contributed by atoms with Crippen molar-refractivity contribution in [3.8, 4) is 17.2 Å². The fourth-order valence-electron chi connectivity index (χ4n) is 4.56. The summed E-state index contributed by atoms with van der Waals surface area (Å²) in [5.74, 6) is 1.41. The molecule has 0 bridgehead atoms. The summed E-state index contributed by atoms with van der Waals surface area (Å²) in [6.45, 7) is 3.97. The van der Waals surface area contributed by atoms with E-state index in [1.54, 1.807) is 29.2 Å². The summed E-state index contributed by atoms with van der Waals surface area (Å²) in [4.78, 5) is 27.3. The number of esters is 1. The van der Waals surface area contributed by atoms with Crippen LogP contribution in [0.15, 0.2) is 42.5 Å². The van der Waals surface area contributed by atoms with E-state index >= 15 is 0 Å². The standard InChI is InChI=1S/C24H26N2O7/c1-16(27)32-19-5-3-18(4-6-19)26-14-20(33-23(26)28)13-25-10-8-24(29,9-11-25)17-2-7-21-22(12-17)31-15-30-21/h2-7,12,20,29H,8-11,13-15H2,1H3/t20-/m0/s1. The van der Waals surface area contributed by atoms with Crippen molar-refractivity contribution in [2.75, 3.05) is 37.9 Å². The molecule has 2 fully saturated rings. The van der Waals surface area contributed by atoms with Crippen LogP contribution in [0.3, 0.4) is 0 Å². The van der Waals surface area contributed by atoms with Crippen LogP contribution in [0.25, 0.3) is 0 Å². The summed E-state index contributed by atoms with van der Waals surface area (Å²) in [5, 5.41) is 11.2. The molecule has 3 heterocycles. The molecule has 0 unspecified atom stereocenters. The highest BCUT2D eigenvalue weighted by Crippen LogP contribution is 2.39. The number of amides is 1. The van der Waals surface area contributed by atoms with Gasteiger partial charge in [0.15, 0.2) is 11.5 Å². The second-order valence-corrected chi connectivity index (χ2v) is 8.60. The first-order valence-electron chi connectivity index (χ1n) is 11.0. The van der Waals surface area contributed by atoms with Gasteiger partial charge in [-0.05, 0) is 54.8 Å². The van der Waals surface area contributed by atoms with Crippen LogP contribution in [0.5, 0.6) is 17.2 Å². The Morgan fingerprint density at radius 3 is 2.58 bits per heavy atom. The molecule has 1 atom stereocenters. The third kappa shape index (κ3) is 4.46. The Morgan fingerprint density at radius 2 is 1.85 bits per heavy atom. The number of anilines is 1. The maximum Gasteiger partial charge on any atom is 0.414 e. The van der Waals surface area contributed by atoms with Crippen molar-refractivity contribution in [2.45, 2.75) is 31.5 Å². The van der Waals surface area contributed by atoms with Crippen molar-refractivity contribution in [3.63, 3.8) is 0 Å². The molecule has 9 nitrogen and oxygen atoms in total. The number of likely N-dealkylation sites (tertiary alicyclic amines) is 1. The number of hydrogen-bond acceptors (Lipinski definition) is 8. The third-order valence-electron chi connectivity index (χ3n) is 6.34. The summed E-state index contributed by atoms with van der Waals surface area (Å²) < 4.78 is 21.4. The van der Waals surface area contributed by atoms with Crippen LogP contribution in [-0.2, 0) is 15.1 Å². The number of fused-ring (bicyclic) bond motifs is 1. The number of piperidine rings is 1. The maximum atomic E-state index is 12.4. The SMILES string of the molecule is CC(=O)Oc1ccc(N2C[C@H](CN3CCC(O)(c4ccc5c(c4)OCO5)CC3)OC2=O)cc1. The van der Waals surface area contributed by atoms with Gasteiger partial charge in [0.25, 0.3) is 0 Å². The van der Waals surface area contributed by atoms with Gasteiger partial charge < -0.3 is 24.1 Å². The molecule has 0 aromatic heterocycles. The van der Waals surface area contributed by atoms with Gasteiger partial charge in [0, 0.05) is 32.2 Å². The van der Waals surface area contributed by atoms with Crippen LogP contribution in [-0.4, -0.2) is 61.1 Å². The van der Waals surface area contributed by atoms with Crippen molar-refractivity contribution < 1.29 is 33.6 Å². The minimum absolute atomic E-state index is 0.207. The van der Waals surface area contributed by atoms with Crippen LogP contribution in [0.2, 0.25) is 0 Å². The van der Waals surface area contributed by atoms with Gasteiger partial charge in [-0.1, -0.05) is 6.07 Å². The average molecular weight is 454 g/mol. The molecular formula is C24H26N2O7. The fraction of sp³-hybridized carbons (Fsp3) is 0.417. The molecule has 0 spiro atoms. The molecule has 2 saturated heterocycles. The highest BCUT2D eigenvalue weighted by molar-refractivity contribution is 5.89. The minimum atomic E-state index is -0.917. The molecule has 2 aromatic rings. The Morgan fingerprint density at radius 1 is 1.12 bits per heavy atom. The van der Waals surface area contributed by atoms with Crippen LogP contribution < -0.4 is 19.1 Å². The lowest BCUT2D eigenvalue weighted by Gasteiger charge is -2.39. The Hall–Kier alpha value is -3.30. The number of rotatable bonds is 5. The zero-order valence-electron chi connectivity index (χ0n) is 18.4. The molecule has 1 amide bonds. The van der Waals surface area contributed by atoms with Crippen molar-refractivity contribution in [1.29, 1.82) is 0 Å². The number of carbonyl (C=O) groups excluding carboxylic acids is 2. The van der Waals surface area contributed by atoms with Crippen molar-refractivity contribution in [1.82, 2.24) is 4.90 Å². The van der Waals surface area contributed by atoms with Crippen LogP contribution >= 0.6 is 0 Å². The first kappa shape index (κ1) is 21.5. The molecular weight excluding hydrogens is 428 g/mol. The van der Waals surface area contributed by atoms with Gasteiger partial charge >= 0.3 is 12.1 Å². The van der Waals surface area contributed by atoms with E-state index in [1.807, 2.05) is 18.2 Å². The Kier molecular flexibility index (Phi) is 5.59. The van der Waals surface area contributed by atoms with E-state index in [2.05, 4.69) is 4.90 Å². The summed E-state index contributed by atoms with van der Waals surface area (Å²) in [6, 6.07) is 12.4. The average Bonchev–Trinajstić information content (AvgIpc) is 3.41. The number of aliphatic hydroxyl groups is 1. The number of cyclic esters (lactones) is 1. The second kappa shape index (κ2) is 8.57. The normalized spacial score (nSPS) is 21.7. The van der Waals surface area contributed by atoms with Crippen molar-refractivity contribution in [2.24, 2.45) is 0 Å². The third-order valence-corrected chi connectivity index (χ3v) is 6.34. The van der Waals surface area contributed by atoms with E-state index in [9.17, 15) is 14.7 Å². The predicted molar refractivity (Wildman–Crippen MR) is 118 cm³/mol. The zero-order chi connectivity index (χ0) is 23.0. The van der Waals surface area contributed by atoms with Gasteiger partial charge in [-0.25, -0.2) is 4.79 Å². The molecule has 0 aliphatic carbocycles. The Bertz CT molecular complexity index is 1050. The summed E-state index contributed by atoms with van der Waals surface area (Å²) >= 11 is 0. The van der Waals surface area contributed by atoms with Gasteiger partial charge in [-0.15, -0.1) is 0 Å². The van der Waals surface area contributed by atoms with E-state index in [-0.39, 0.29) is 12.9 Å². The van der Waals surface area contributed by atoms with Crippen LogP contribution in [0.4, 0.5) is 10.5 Å².